The number of carbonyl (C=O) groups is 1. The van der Waals surface area contributed by atoms with Crippen molar-refractivity contribution < 1.29 is 19.7 Å². The lowest BCUT2D eigenvalue weighted by atomic mass is 9.92. The molecule has 2 aromatic carbocycles. The molecule has 0 unspecified atom stereocenters. The van der Waals surface area contributed by atoms with E-state index in [1.165, 1.54) is 13.2 Å². The first-order valence-electron chi connectivity index (χ1n) is 6.21. The highest BCUT2D eigenvalue weighted by Crippen LogP contribution is 2.39. The first kappa shape index (κ1) is 13.9. The third kappa shape index (κ3) is 2.59. The lowest BCUT2D eigenvalue weighted by Crippen LogP contribution is -2.07. The molecule has 0 aliphatic heterocycles. The Labute approximate surface area is 117 Å². The number of hydrogen-bond acceptors (Lipinski definition) is 4. The SMILES string of the molecule is COC(=O)Cc1c(C)c(O)cc(O)c1-c1ccccc1. The average Bonchev–Trinajstić information content (AvgIpc) is 2.45. The minimum atomic E-state index is -0.421. The molecule has 0 aliphatic carbocycles. The molecule has 4 heteroatoms. The second-order valence-electron chi connectivity index (χ2n) is 4.51. The Morgan fingerprint density at radius 1 is 1.15 bits per heavy atom. The van der Waals surface area contributed by atoms with Gasteiger partial charge in [0.05, 0.1) is 13.5 Å². The average molecular weight is 272 g/mol. The molecule has 104 valence electrons. The second-order valence-corrected chi connectivity index (χ2v) is 4.51. The molecule has 0 bridgehead atoms. The van der Waals surface area contributed by atoms with Crippen LogP contribution in [0.5, 0.6) is 11.5 Å². The highest BCUT2D eigenvalue weighted by molar-refractivity contribution is 5.82. The molecule has 4 nitrogen and oxygen atoms in total. The molecule has 0 aliphatic rings. The summed E-state index contributed by atoms with van der Waals surface area (Å²) >= 11 is 0. The number of hydrogen-bond donors (Lipinski definition) is 2. The van der Waals surface area contributed by atoms with Crippen molar-refractivity contribution in [3.8, 4) is 22.6 Å². The second kappa shape index (κ2) is 5.65. The van der Waals surface area contributed by atoms with Crippen molar-refractivity contribution in [3.05, 3.63) is 47.5 Å². The van der Waals surface area contributed by atoms with Gasteiger partial charge in [0.15, 0.2) is 0 Å². The van der Waals surface area contributed by atoms with Gasteiger partial charge in [0.2, 0.25) is 0 Å². The monoisotopic (exact) mass is 272 g/mol. The van der Waals surface area contributed by atoms with Gasteiger partial charge in [0.1, 0.15) is 11.5 Å². The molecule has 0 radical (unpaired) electrons. The Hall–Kier alpha value is -2.49. The van der Waals surface area contributed by atoms with Gasteiger partial charge >= 0.3 is 5.97 Å². The molecule has 2 aromatic rings. The molecule has 0 aromatic heterocycles. The predicted octanol–water partition coefficient (Wildman–Crippen LogP) is 2.79. The Kier molecular flexibility index (Phi) is 3.94. The first-order chi connectivity index (χ1) is 9.54. The number of ether oxygens (including phenoxy) is 1. The Morgan fingerprint density at radius 2 is 1.80 bits per heavy atom. The third-order valence-corrected chi connectivity index (χ3v) is 3.28. The van der Waals surface area contributed by atoms with Gasteiger partial charge in [0, 0.05) is 11.6 Å². The largest absolute Gasteiger partial charge is 0.508 e. The maximum Gasteiger partial charge on any atom is 0.310 e. The zero-order valence-electron chi connectivity index (χ0n) is 11.4. The van der Waals surface area contributed by atoms with Gasteiger partial charge in [-0.3, -0.25) is 4.79 Å². The van der Waals surface area contributed by atoms with E-state index in [4.69, 9.17) is 0 Å². The third-order valence-electron chi connectivity index (χ3n) is 3.28. The molecule has 0 amide bonds. The van der Waals surface area contributed by atoms with E-state index >= 15 is 0 Å². The number of methoxy groups -OCH3 is 1. The van der Waals surface area contributed by atoms with Gasteiger partial charge in [-0.2, -0.15) is 0 Å². The summed E-state index contributed by atoms with van der Waals surface area (Å²) < 4.78 is 4.68. The highest BCUT2D eigenvalue weighted by atomic mass is 16.5. The topological polar surface area (TPSA) is 66.8 Å². The van der Waals surface area contributed by atoms with Gasteiger partial charge < -0.3 is 14.9 Å². The molecule has 0 spiro atoms. The van der Waals surface area contributed by atoms with Crippen molar-refractivity contribution in [1.82, 2.24) is 0 Å². The summed E-state index contributed by atoms with van der Waals surface area (Å²) in [6, 6.07) is 10.5. The van der Waals surface area contributed by atoms with Gasteiger partial charge in [-0.05, 0) is 23.6 Å². The number of esters is 1. The zero-order valence-corrected chi connectivity index (χ0v) is 11.4. The van der Waals surface area contributed by atoms with Gasteiger partial charge in [-0.1, -0.05) is 30.3 Å². The maximum atomic E-state index is 11.6. The van der Waals surface area contributed by atoms with Crippen LogP contribution in [0.3, 0.4) is 0 Å². The number of rotatable bonds is 3. The summed E-state index contributed by atoms with van der Waals surface area (Å²) in [5.74, 6) is -0.519. The normalized spacial score (nSPS) is 10.3. The molecule has 2 rings (SSSR count). The van der Waals surface area contributed by atoms with Crippen molar-refractivity contribution in [2.75, 3.05) is 7.11 Å². The van der Waals surface area contributed by atoms with E-state index in [0.717, 1.165) is 5.56 Å². The Balaban J connectivity index is 2.66. The summed E-state index contributed by atoms with van der Waals surface area (Å²) in [6.45, 7) is 1.71. The van der Waals surface area contributed by atoms with Crippen LogP contribution < -0.4 is 0 Å². The number of benzene rings is 2. The summed E-state index contributed by atoms with van der Waals surface area (Å²) in [6.07, 6.45) is -0.00544. The summed E-state index contributed by atoms with van der Waals surface area (Å²) in [7, 11) is 1.31. The molecular formula is C16H16O4. The zero-order chi connectivity index (χ0) is 14.7. The molecule has 2 N–H and O–H groups in total. The van der Waals surface area contributed by atoms with Crippen molar-refractivity contribution in [1.29, 1.82) is 0 Å². The smallest absolute Gasteiger partial charge is 0.310 e. The minimum Gasteiger partial charge on any atom is -0.508 e. The number of aromatic hydroxyl groups is 2. The van der Waals surface area contributed by atoms with Crippen LogP contribution >= 0.6 is 0 Å². The quantitative estimate of drug-likeness (QED) is 0.843. The van der Waals surface area contributed by atoms with Crippen LogP contribution in [0.2, 0.25) is 0 Å². The molecule has 0 heterocycles. The van der Waals surface area contributed by atoms with E-state index in [1.54, 1.807) is 6.92 Å². The fourth-order valence-corrected chi connectivity index (χ4v) is 2.17. The van der Waals surface area contributed by atoms with E-state index in [-0.39, 0.29) is 17.9 Å². The van der Waals surface area contributed by atoms with Gasteiger partial charge in [0.25, 0.3) is 0 Å². The summed E-state index contributed by atoms with van der Waals surface area (Å²) in [5, 5.41) is 19.9. The van der Waals surface area contributed by atoms with Crippen LogP contribution in [0.15, 0.2) is 36.4 Å². The van der Waals surface area contributed by atoms with E-state index < -0.39 is 5.97 Å². The van der Waals surface area contributed by atoms with Crippen molar-refractivity contribution in [2.24, 2.45) is 0 Å². The lowest BCUT2D eigenvalue weighted by molar-refractivity contribution is -0.139. The molecule has 20 heavy (non-hydrogen) atoms. The summed E-state index contributed by atoms with van der Waals surface area (Å²) in [5.41, 5.74) is 2.46. The van der Waals surface area contributed by atoms with Gasteiger partial charge in [-0.15, -0.1) is 0 Å². The van der Waals surface area contributed by atoms with E-state index in [2.05, 4.69) is 4.74 Å². The van der Waals surface area contributed by atoms with Crippen molar-refractivity contribution in [2.45, 2.75) is 13.3 Å². The standard InChI is InChI=1S/C16H16O4/c1-10-12(8-15(19)20-2)16(14(18)9-13(10)17)11-6-4-3-5-7-11/h3-7,9,17-18H,8H2,1-2H3. The van der Waals surface area contributed by atoms with Crippen LogP contribution in [-0.2, 0) is 16.0 Å². The molecule has 0 atom stereocenters. The van der Waals surface area contributed by atoms with Crippen LogP contribution in [0.1, 0.15) is 11.1 Å². The number of phenolic OH excluding ortho intramolecular Hbond substituents is 2. The molecule has 0 fully saturated rings. The minimum absolute atomic E-state index is 0.00544. The fraction of sp³-hybridized carbons (Fsp3) is 0.188. The van der Waals surface area contributed by atoms with E-state index in [1.807, 2.05) is 30.3 Å². The van der Waals surface area contributed by atoms with Crippen LogP contribution in [0.25, 0.3) is 11.1 Å². The maximum absolute atomic E-state index is 11.6. The van der Waals surface area contributed by atoms with E-state index in [9.17, 15) is 15.0 Å². The molecule has 0 saturated carbocycles. The lowest BCUT2D eigenvalue weighted by Gasteiger charge is -2.15. The Bertz CT molecular complexity index is 633. The highest BCUT2D eigenvalue weighted by Gasteiger charge is 2.19. The van der Waals surface area contributed by atoms with Crippen LogP contribution in [-0.4, -0.2) is 23.3 Å². The van der Waals surface area contributed by atoms with Crippen molar-refractivity contribution in [3.63, 3.8) is 0 Å². The van der Waals surface area contributed by atoms with Crippen molar-refractivity contribution >= 4 is 5.97 Å². The molecular weight excluding hydrogens is 256 g/mol. The van der Waals surface area contributed by atoms with E-state index in [0.29, 0.717) is 16.7 Å². The first-order valence-corrected chi connectivity index (χ1v) is 6.21. The number of carbonyl (C=O) groups excluding carboxylic acids is 1. The van der Waals surface area contributed by atoms with Crippen LogP contribution in [0, 0.1) is 6.92 Å². The van der Waals surface area contributed by atoms with Crippen LogP contribution in [0.4, 0.5) is 0 Å². The van der Waals surface area contributed by atoms with Gasteiger partial charge in [-0.25, -0.2) is 0 Å². The number of phenols is 2. The predicted molar refractivity (Wildman–Crippen MR) is 75.7 cm³/mol. The Morgan fingerprint density at radius 3 is 2.40 bits per heavy atom. The molecule has 0 saturated heterocycles. The summed E-state index contributed by atoms with van der Waals surface area (Å²) in [4.78, 5) is 11.6. The fourth-order valence-electron chi connectivity index (χ4n) is 2.17.